The highest BCUT2D eigenvalue weighted by molar-refractivity contribution is 5.95. The van der Waals surface area contributed by atoms with Crippen LogP contribution in [0.15, 0.2) is 12.1 Å². The fourth-order valence-electron chi connectivity index (χ4n) is 2.21. The minimum Gasteiger partial charge on any atom is -0.337 e. The molecule has 1 aromatic rings. The van der Waals surface area contributed by atoms with Gasteiger partial charge in [0.1, 0.15) is 17.2 Å². The maximum absolute atomic E-state index is 13.8. The summed E-state index contributed by atoms with van der Waals surface area (Å²) < 4.78 is 27.5. The summed E-state index contributed by atoms with van der Waals surface area (Å²) in [7, 11) is 0. The minimum atomic E-state index is -0.817. The van der Waals surface area contributed by atoms with E-state index < -0.39 is 23.1 Å². The summed E-state index contributed by atoms with van der Waals surface area (Å²) in [5.74, 6) is -2.20. The number of rotatable bonds is 1. The van der Waals surface area contributed by atoms with Crippen molar-refractivity contribution < 1.29 is 13.6 Å². The molecule has 0 aliphatic carbocycles. The lowest BCUT2D eigenvalue weighted by atomic mass is 10.0. The fourth-order valence-corrected chi connectivity index (χ4v) is 2.21. The van der Waals surface area contributed by atoms with E-state index in [1.54, 1.807) is 0 Å². The van der Waals surface area contributed by atoms with Crippen LogP contribution in [0.3, 0.4) is 0 Å². The van der Waals surface area contributed by atoms with Gasteiger partial charge < -0.3 is 10.6 Å². The second-order valence-electron chi connectivity index (χ2n) is 4.71. The lowest BCUT2D eigenvalue weighted by Crippen LogP contribution is -2.46. The Morgan fingerprint density at radius 1 is 1.44 bits per heavy atom. The Balaban J connectivity index is 2.31. The van der Waals surface area contributed by atoms with Crippen LogP contribution in [0.25, 0.3) is 0 Å². The van der Waals surface area contributed by atoms with E-state index in [0.717, 1.165) is 18.9 Å². The highest BCUT2D eigenvalue weighted by Crippen LogP contribution is 2.20. The van der Waals surface area contributed by atoms with Gasteiger partial charge in [0.05, 0.1) is 0 Å². The van der Waals surface area contributed by atoms with Gasteiger partial charge in [0.25, 0.3) is 5.91 Å². The minimum absolute atomic E-state index is 0.112. The van der Waals surface area contributed by atoms with E-state index in [9.17, 15) is 13.6 Å². The molecule has 1 saturated heterocycles. The Kier molecular flexibility index (Phi) is 3.61. The van der Waals surface area contributed by atoms with Crippen molar-refractivity contribution in [2.45, 2.75) is 25.8 Å². The first-order valence-corrected chi connectivity index (χ1v) is 6.00. The highest BCUT2D eigenvalue weighted by Gasteiger charge is 2.27. The van der Waals surface area contributed by atoms with Crippen molar-refractivity contribution in [1.82, 2.24) is 4.90 Å². The van der Waals surface area contributed by atoms with E-state index in [4.69, 9.17) is 5.73 Å². The molecular weight excluding hydrogens is 238 g/mol. The first-order chi connectivity index (χ1) is 8.50. The number of nitrogens with two attached hydrogens (primary N) is 1. The van der Waals surface area contributed by atoms with Crippen LogP contribution in [0.5, 0.6) is 0 Å². The average Bonchev–Trinajstić information content (AvgIpc) is 2.34. The summed E-state index contributed by atoms with van der Waals surface area (Å²) in [6.45, 7) is 2.36. The average molecular weight is 254 g/mol. The maximum Gasteiger partial charge on any atom is 0.259 e. The smallest absolute Gasteiger partial charge is 0.259 e. The van der Waals surface area contributed by atoms with Crippen molar-refractivity contribution >= 4 is 5.91 Å². The molecule has 0 bridgehead atoms. The van der Waals surface area contributed by atoms with Gasteiger partial charge in [-0.15, -0.1) is 0 Å². The van der Waals surface area contributed by atoms with Crippen molar-refractivity contribution in [3.05, 3.63) is 34.9 Å². The molecule has 1 amide bonds. The van der Waals surface area contributed by atoms with Gasteiger partial charge in [-0.2, -0.15) is 0 Å². The molecular formula is C13H16F2N2O. The number of aryl methyl sites for hydroxylation is 1. The van der Waals surface area contributed by atoms with Gasteiger partial charge in [-0.05, 0) is 31.4 Å². The fraction of sp³-hybridized carbons (Fsp3) is 0.462. The second-order valence-corrected chi connectivity index (χ2v) is 4.71. The van der Waals surface area contributed by atoms with Crippen molar-refractivity contribution in [2.24, 2.45) is 5.73 Å². The molecule has 1 aliphatic heterocycles. The van der Waals surface area contributed by atoms with Crippen molar-refractivity contribution in [3.8, 4) is 0 Å². The molecule has 1 aliphatic rings. The summed E-state index contributed by atoms with van der Waals surface area (Å²) in [6, 6.07) is 2.33. The summed E-state index contributed by atoms with van der Waals surface area (Å²) in [5, 5.41) is 0. The van der Waals surface area contributed by atoms with Crippen LogP contribution in [0.4, 0.5) is 8.78 Å². The molecule has 98 valence electrons. The highest BCUT2D eigenvalue weighted by atomic mass is 19.1. The first-order valence-electron chi connectivity index (χ1n) is 6.00. The van der Waals surface area contributed by atoms with Gasteiger partial charge in [0.15, 0.2) is 0 Å². The summed E-state index contributed by atoms with van der Waals surface area (Å²) in [6.07, 6.45) is 1.60. The second kappa shape index (κ2) is 5.02. The number of carbonyl (C=O) groups is 1. The van der Waals surface area contributed by atoms with Crippen LogP contribution in [0.2, 0.25) is 0 Å². The molecule has 5 heteroatoms. The molecule has 0 aromatic heterocycles. The van der Waals surface area contributed by atoms with Gasteiger partial charge in [-0.25, -0.2) is 8.78 Å². The third-order valence-corrected chi connectivity index (χ3v) is 3.24. The SMILES string of the molecule is Cc1ccc(F)c(C(=O)N2CCC[C@@H](N)C2)c1F. The number of likely N-dealkylation sites (tertiary alicyclic amines) is 1. The van der Waals surface area contributed by atoms with Crippen molar-refractivity contribution in [3.63, 3.8) is 0 Å². The number of hydrogen-bond acceptors (Lipinski definition) is 2. The number of amides is 1. The molecule has 0 radical (unpaired) electrons. The van der Waals surface area contributed by atoms with E-state index in [0.29, 0.717) is 13.1 Å². The molecule has 0 unspecified atom stereocenters. The predicted molar refractivity (Wildman–Crippen MR) is 64.2 cm³/mol. The van der Waals surface area contributed by atoms with Crippen LogP contribution in [-0.2, 0) is 0 Å². The molecule has 0 saturated carbocycles. The summed E-state index contributed by atoms with van der Waals surface area (Å²) in [4.78, 5) is 13.6. The number of halogens is 2. The number of benzene rings is 1. The van der Waals surface area contributed by atoms with Gasteiger partial charge in [-0.1, -0.05) is 6.07 Å². The molecule has 1 aromatic carbocycles. The Hall–Kier alpha value is -1.49. The maximum atomic E-state index is 13.8. The zero-order valence-corrected chi connectivity index (χ0v) is 10.2. The van der Waals surface area contributed by atoms with Crippen LogP contribution < -0.4 is 5.73 Å². The third-order valence-electron chi connectivity index (χ3n) is 3.24. The molecule has 2 N–H and O–H groups in total. The topological polar surface area (TPSA) is 46.3 Å². The Morgan fingerprint density at radius 2 is 2.17 bits per heavy atom. The van der Waals surface area contributed by atoms with E-state index >= 15 is 0 Å². The van der Waals surface area contributed by atoms with Crippen LogP contribution in [0.1, 0.15) is 28.8 Å². The van der Waals surface area contributed by atoms with Crippen molar-refractivity contribution in [2.75, 3.05) is 13.1 Å². The zero-order valence-electron chi connectivity index (χ0n) is 10.2. The molecule has 18 heavy (non-hydrogen) atoms. The first kappa shape index (κ1) is 13.0. The quantitative estimate of drug-likeness (QED) is 0.831. The van der Waals surface area contributed by atoms with Gasteiger partial charge in [-0.3, -0.25) is 4.79 Å². The Labute approximate surface area is 105 Å². The Bertz CT molecular complexity index is 476. The molecule has 0 spiro atoms. The molecule has 1 atom stereocenters. The van der Waals surface area contributed by atoms with E-state index in [-0.39, 0.29) is 11.6 Å². The Morgan fingerprint density at radius 3 is 2.83 bits per heavy atom. The summed E-state index contributed by atoms with van der Waals surface area (Å²) >= 11 is 0. The lowest BCUT2D eigenvalue weighted by molar-refractivity contribution is 0.0698. The molecule has 2 rings (SSSR count). The number of piperidine rings is 1. The predicted octanol–water partition coefficient (Wildman–Crippen LogP) is 1.84. The number of carbonyl (C=O) groups excluding carboxylic acids is 1. The van der Waals surface area contributed by atoms with E-state index in [2.05, 4.69) is 0 Å². The molecule has 1 fully saturated rings. The number of hydrogen-bond donors (Lipinski definition) is 1. The normalized spacial score (nSPS) is 20.0. The monoisotopic (exact) mass is 254 g/mol. The molecule has 1 heterocycles. The van der Waals surface area contributed by atoms with Crippen LogP contribution >= 0.6 is 0 Å². The van der Waals surface area contributed by atoms with Crippen LogP contribution in [0, 0.1) is 18.6 Å². The zero-order chi connectivity index (χ0) is 13.3. The van der Waals surface area contributed by atoms with E-state index in [1.165, 1.54) is 17.9 Å². The third kappa shape index (κ3) is 2.36. The number of nitrogens with zero attached hydrogens (tertiary/aromatic N) is 1. The van der Waals surface area contributed by atoms with Crippen LogP contribution in [-0.4, -0.2) is 29.9 Å². The van der Waals surface area contributed by atoms with Gasteiger partial charge in [0.2, 0.25) is 0 Å². The van der Waals surface area contributed by atoms with Gasteiger partial charge >= 0.3 is 0 Å². The summed E-state index contributed by atoms with van der Waals surface area (Å²) in [5.41, 5.74) is 5.56. The van der Waals surface area contributed by atoms with Crippen molar-refractivity contribution in [1.29, 1.82) is 0 Å². The van der Waals surface area contributed by atoms with Gasteiger partial charge in [0, 0.05) is 19.1 Å². The largest absolute Gasteiger partial charge is 0.337 e. The van der Waals surface area contributed by atoms with E-state index in [1.807, 2.05) is 0 Å². The standard InChI is InChI=1S/C13H16F2N2O/c1-8-4-5-10(14)11(12(8)15)13(18)17-6-2-3-9(16)7-17/h4-5,9H,2-3,6-7,16H2,1H3/t9-/m1/s1. The molecule has 3 nitrogen and oxygen atoms in total. The lowest BCUT2D eigenvalue weighted by Gasteiger charge is -2.31.